The summed E-state index contributed by atoms with van der Waals surface area (Å²) in [6.45, 7) is 1.32. The maximum absolute atomic E-state index is 12.1. The van der Waals surface area contributed by atoms with Crippen LogP contribution in [0.4, 0.5) is 0 Å². The summed E-state index contributed by atoms with van der Waals surface area (Å²) in [6, 6.07) is 5.55. The molecule has 1 N–H and O–H groups in total. The van der Waals surface area contributed by atoms with Gasteiger partial charge >= 0.3 is 5.97 Å². The van der Waals surface area contributed by atoms with Crippen molar-refractivity contribution in [3.8, 4) is 5.75 Å². The third kappa shape index (κ3) is 3.93. The van der Waals surface area contributed by atoms with Gasteiger partial charge in [0.1, 0.15) is 11.8 Å². The van der Waals surface area contributed by atoms with E-state index in [0.717, 1.165) is 4.31 Å². The zero-order valence-corrected chi connectivity index (χ0v) is 11.8. The van der Waals surface area contributed by atoms with Gasteiger partial charge in [-0.1, -0.05) is 12.1 Å². The third-order valence-corrected chi connectivity index (χ3v) is 4.72. The van der Waals surface area contributed by atoms with Crippen LogP contribution in [0.15, 0.2) is 24.3 Å². The molecule has 0 bridgehead atoms. The van der Waals surface area contributed by atoms with E-state index < -0.39 is 22.0 Å². The largest absolute Gasteiger partial charge is 0.497 e. The summed E-state index contributed by atoms with van der Waals surface area (Å²) in [5.41, 5.74) is 0.545. The molecule has 0 fully saturated rings. The second-order valence-corrected chi connectivity index (χ2v) is 6.17. The molecule has 0 saturated carbocycles. The fourth-order valence-electron chi connectivity index (χ4n) is 1.47. The van der Waals surface area contributed by atoms with Crippen molar-refractivity contribution in [3.63, 3.8) is 0 Å². The van der Waals surface area contributed by atoms with Gasteiger partial charge in [0.15, 0.2) is 0 Å². The average Bonchev–Trinajstić information content (AvgIpc) is 2.36. The number of carbonyl (C=O) groups is 1. The zero-order chi connectivity index (χ0) is 14.6. The minimum absolute atomic E-state index is 0.266. The van der Waals surface area contributed by atoms with E-state index in [2.05, 4.69) is 0 Å². The van der Waals surface area contributed by atoms with Crippen molar-refractivity contribution in [2.24, 2.45) is 0 Å². The van der Waals surface area contributed by atoms with Gasteiger partial charge in [0.25, 0.3) is 0 Å². The molecule has 1 rings (SSSR count). The fraction of sp³-hybridized carbons (Fsp3) is 0.417. The van der Waals surface area contributed by atoms with Crippen molar-refractivity contribution in [2.45, 2.75) is 18.7 Å². The van der Waals surface area contributed by atoms with E-state index in [1.54, 1.807) is 24.3 Å². The lowest BCUT2D eigenvalue weighted by Crippen LogP contribution is -2.40. The van der Waals surface area contributed by atoms with Crippen LogP contribution < -0.4 is 4.74 Å². The highest BCUT2D eigenvalue weighted by atomic mass is 32.2. The highest BCUT2D eigenvalue weighted by Gasteiger charge is 2.27. The Bertz CT molecular complexity index is 555. The second kappa shape index (κ2) is 6.03. The summed E-state index contributed by atoms with van der Waals surface area (Å²) in [5, 5.41) is 8.84. The molecule has 0 aromatic heterocycles. The number of aliphatic carboxylic acids is 1. The number of hydrogen-bond acceptors (Lipinski definition) is 4. The summed E-state index contributed by atoms with van der Waals surface area (Å²) < 4.78 is 30.0. The summed E-state index contributed by atoms with van der Waals surface area (Å²) in [6.07, 6.45) is 0. The Balaban J connectivity index is 2.93. The molecule has 1 aromatic carbocycles. The van der Waals surface area contributed by atoms with Gasteiger partial charge in [0, 0.05) is 7.05 Å². The Kier molecular flexibility index (Phi) is 4.90. The van der Waals surface area contributed by atoms with Gasteiger partial charge in [-0.15, -0.1) is 0 Å². The Morgan fingerprint density at radius 3 is 2.63 bits per heavy atom. The van der Waals surface area contributed by atoms with E-state index in [1.807, 2.05) is 0 Å². The van der Waals surface area contributed by atoms with E-state index in [9.17, 15) is 13.2 Å². The van der Waals surface area contributed by atoms with Gasteiger partial charge in [-0.2, -0.15) is 4.31 Å². The first-order valence-electron chi connectivity index (χ1n) is 5.59. The zero-order valence-electron chi connectivity index (χ0n) is 11.0. The SMILES string of the molecule is COc1cccc(CS(=O)(=O)N(C)C(C)C(=O)O)c1. The molecule has 0 amide bonds. The van der Waals surface area contributed by atoms with Crippen LogP contribution >= 0.6 is 0 Å². The first-order valence-corrected chi connectivity index (χ1v) is 7.20. The van der Waals surface area contributed by atoms with Crippen LogP contribution in [0, 0.1) is 0 Å². The maximum Gasteiger partial charge on any atom is 0.321 e. The number of nitrogens with zero attached hydrogens (tertiary/aromatic N) is 1. The number of ether oxygens (including phenoxy) is 1. The van der Waals surface area contributed by atoms with E-state index in [-0.39, 0.29) is 5.75 Å². The molecule has 1 unspecified atom stereocenters. The molecule has 6 nitrogen and oxygen atoms in total. The summed E-state index contributed by atoms with van der Waals surface area (Å²) in [5.74, 6) is -0.892. The quantitative estimate of drug-likeness (QED) is 0.841. The van der Waals surface area contributed by atoms with Crippen LogP contribution in [0.2, 0.25) is 0 Å². The van der Waals surface area contributed by atoms with E-state index in [0.29, 0.717) is 11.3 Å². The first kappa shape index (κ1) is 15.5. The number of rotatable bonds is 6. The first-order chi connectivity index (χ1) is 8.77. The molecular formula is C12H17NO5S. The van der Waals surface area contributed by atoms with Crippen molar-refractivity contribution >= 4 is 16.0 Å². The van der Waals surface area contributed by atoms with E-state index in [4.69, 9.17) is 9.84 Å². The smallest absolute Gasteiger partial charge is 0.321 e. The molecule has 0 heterocycles. The molecule has 0 saturated heterocycles. The van der Waals surface area contributed by atoms with Crippen LogP contribution in [0.5, 0.6) is 5.75 Å². The Hall–Kier alpha value is -1.60. The van der Waals surface area contributed by atoms with Crippen LogP contribution in [0.1, 0.15) is 12.5 Å². The summed E-state index contributed by atoms with van der Waals surface area (Å²) >= 11 is 0. The molecule has 0 spiro atoms. The molecule has 1 aromatic rings. The second-order valence-electron chi connectivity index (χ2n) is 4.14. The van der Waals surface area contributed by atoms with Crippen LogP contribution in [0.3, 0.4) is 0 Å². The van der Waals surface area contributed by atoms with Crippen molar-refractivity contribution in [1.82, 2.24) is 4.31 Å². The maximum atomic E-state index is 12.1. The standard InChI is InChI=1S/C12H17NO5S/c1-9(12(14)15)13(2)19(16,17)8-10-5-4-6-11(7-10)18-3/h4-7,9H,8H2,1-3H3,(H,14,15). The van der Waals surface area contributed by atoms with Crippen molar-refractivity contribution in [1.29, 1.82) is 0 Å². The molecule has 19 heavy (non-hydrogen) atoms. The number of benzene rings is 1. The van der Waals surface area contributed by atoms with Gasteiger partial charge < -0.3 is 9.84 Å². The highest BCUT2D eigenvalue weighted by Crippen LogP contribution is 2.17. The molecule has 0 aliphatic heterocycles. The molecule has 0 aliphatic rings. The van der Waals surface area contributed by atoms with Gasteiger partial charge in [0.05, 0.1) is 12.9 Å². The van der Waals surface area contributed by atoms with Gasteiger partial charge in [-0.3, -0.25) is 4.79 Å². The van der Waals surface area contributed by atoms with E-state index in [1.165, 1.54) is 21.1 Å². The predicted molar refractivity (Wildman–Crippen MR) is 70.5 cm³/mol. The Labute approximate surface area is 112 Å². The van der Waals surface area contributed by atoms with Crippen LogP contribution in [0.25, 0.3) is 0 Å². The summed E-state index contributed by atoms with van der Waals surface area (Å²) in [7, 11) is -0.935. The minimum atomic E-state index is -3.69. The average molecular weight is 287 g/mol. The number of carboxylic acid groups (broad SMARTS) is 1. The lowest BCUT2D eigenvalue weighted by atomic mass is 10.2. The lowest BCUT2D eigenvalue weighted by Gasteiger charge is -2.21. The number of likely N-dealkylation sites (N-methyl/N-ethyl adjacent to an activating group) is 1. The predicted octanol–water partition coefficient (Wildman–Crippen LogP) is 0.930. The molecular weight excluding hydrogens is 270 g/mol. The Morgan fingerprint density at radius 1 is 1.47 bits per heavy atom. The van der Waals surface area contributed by atoms with Crippen LogP contribution in [-0.4, -0.2) is 44.0 Å². The molecule has 1 atom stereocenters. The highest BCUT2D eigenvalue weighted by molar-refractivity contribution is 7.88. The van der Waals surface area contributed by atoms with E-state index >= 15 is 0 Å². The molecule has 7 heteroatoms. The van der Waals surface area contributed by atoms with Crippen molar-refractivity contribution in [2.75, 3.05) is 14.2 Å². The van der Waals surface area contributed by atoms with Gasteiger partial charge in [-0.25, -0.2) is 8.42 Å². The lowest BCUT2D eigenvalue weighted by molar-refractivity contribution is -0.140. The van der Waals surface area contributed by atoms with Crippen LogP contribution in [-0.2, 0) is 20.6 Å². The fourth-order valence-corrected chi connectivity index (χ4v) is 2.85. The molecule has 0 radical (unpaired) electrons. The number of methoxy groups -OCH3 is 1. The van der Waals surface area contributed by atoms with Gasteiger partial charge in [-0.05, 0) is 24.6 Å². The van der Waals surface area contributed by atoms with Crippen molar-refractivity contribution < 1.29 is 23.1 Å². The topological polar surface area (TPSA) is 83.9 Å². The van der Waals surface area contributed by atoms with Gasteiger partial charge in [0.2, 0.25) is 10.0 Å². The molecule has 106 valence electrons. The monoisotopic (exact) mass is 287 g/mol. The number of sulfonamides is 1. The number of carboxylic acids is 1. The third-order valence-electron chi connectivity index (χ3n) is 2.82. The number of hydrogen-bond donors (Lipinski definition) is 1. The molecule has 0 aliphatic carbocycles. The Morgan fingerprint density at radius 2 is 2.11 bits per heavy atom. The van der Waals surface area contributed by atoms with Crippen molar-refractivity contribution in [3.05, 3.63) is 29.8 Å². The summed E-state index contributed by atoms with van der Waals surface area (Å²) in [4.78, 5) is 10.8. The minimum Gasteiger partial charge on any atom is -0.497 e. The normalized spacial score (nSPS) is 13.3.